The van der Waals surface area contributed by atoms with Crippen molar-refractivity contribution in [3.63, 3.8) is 0 Å². The summed E-state index contributed by atoms with van der Waals surface area (Å²) < 4.78 is 0. The molecule has 1 N–H and O–H groups in total. The van der Waals surface area contributed by atoms with Crippen LogP contribution >= 0.6 is 0 Å². The van der Waals surface area contributed by atoms with Crippen molar-refractivity contribution in [2.24, 2.45) is 46.3 Å². The summed E-state index contributed by atoms with van der Waals surface area (Å²) in [6.45, 7) is 12.4. The molecule has 3 fully saturated rings. The van der Waals surface area contributed by atoms with Crippen molar-refractivity contribution in [3.05, 3.63) is 12.2 Å². The highest BCUT2D eigenvalue weighted by atomic mass is 16.3. The first-order chi connectivity index (χ1) is 13.2. The number of fused-ring (bicyclic) bond motifs is 5. The molecule has 0 heterocycles. The van der Waals surface area contributed by atoms with Crippen molar-refractivity contribution in [1.29, 1.82) is 0 Å². The summed E-state index contributed by atoms with van der Waals surface area (Å²) in [6.07, 6.45) is 18.9. The molecule has 4 aliphatic carbocycles. The predicted molar refractivity (Wildman–Crippen MR) is 119 cm³/mol. The topological polar surface area (TPSA) is 20.2 Å². The Morgan fingerprint density at radius 1 is 0.893 bits per heavy atom. The van der Waals surface area contributed by atoms with Gasteiger partial charge in [-0.1, -0.05) is 66.0 Å². The molecule has 3 saturated carbocycles. The summed E-state index contributed by atoms with van der Waals surface area (Å²) in [5.41, 5.74) is 0.250. The van der Waals surface area contributed by atoms with Crippen LogP contribution in [-0.4, -0.2) is 10.7 Å². The third-order valence-corrected chi connectivity index (χ3v) is 10.6. The van der Waals surface area contributed by atoms with Crippen LogP contribution in [0.1, 0.15) is 105 Å². The number of rotatable bonds is 5. The lowest BCUT2D eigenvalue weighted by atomic mass is 9.44. The Balaban J connectivity index is 1.50. The van der Waals surface area contributed by atoms with E-state index in [0.717, 1.165) is 54.8 Å². The fourth-order valence-corrected chi connectivity index (χ4v) is 8.82. The molecule has 0 amide bonds. The van der Waals surface area contributed by atoms with Gasteiger partial charge in [0.05, 0.1) is 5.60 Å². The minimum Gasteiger partial charge on any atom is -0.389 e. The van der Waals surface area contributed by atoms with Gasteiger partial charge in [-0.2, -0.15) is 0 Å². The van der Waals surface area contributed by atoms with E-state index in [1.807, 2.05) is 0 Å². The largest absolute Gasteiger partial charge is 0.389 e. The summed E-state index contributed by atoms with van der Waals surface area (Å²) in [6, 6.07) is 0. The molecule has 28 heavy (non-hydrogen) atoms. The van der Waals surface area contributed by atoms with Crippen LogP contribution < -0.4 is 0 Å². The van der Waals surface area contributed by atoms with Crippen molar-refractivity contribution in [3.8, 4) is 0 Å². The molecule has 4 rings (SSSR count). The van der Waals surface area contributed by atoms with E-state index in [1.54, 1.807) is 0 Å². The Bertz CT molecular complexity index is 593. The Morgan fingerprint density at radius 2 is 1.64 bits per heavy atom. The number of allylic oxidation sites excluding steroid dienone is 1. The van der Waals surface area contributed by atoms with Crippen LogP contribution in [-0.2, 0) is 0 Å². The Kier molecular flexibility index (Phi) is 5.56. The van der Waals surface area contributed by atoms with Gasteiger partial charge >= 0.3 is 0 Å². The molecule has 4 aliphatic rings. The fraction of sp³-hybridized carbons (Fsp3) is 0.926. The standard InChI is InChI=1S/C27H46O/c1-19(2)9-8-10-20(3)22-11-12-23-21-13-18-27(28)16-7-6-15-26(27,5)24(21)14-17-25(22,23)4/h6-7,19-24,28H,8-18H2,1-5H3/t20-,21?,22?,23?,24?,25?,26?,27+/m1/s1. The maximum atomic E-state index is 11.5. The van der Waals surface area contributed by atoms with E-state index < -0.39 is 5.60 Å². The minimum absolute atomic E-state index is 0.118. The van der Waals surface area contributed by atoms with Gasteiger partial charge in [0.1, 0.15) is 0 Å². The van der Waals surface area contributed by atoms with Gasteiger partial charge in [-0.15, -0.1) is 0 Å². The maximum absolute atomic E-state index is 11.5. The van der Waals surface area contributed by atoms with E-state index in [4.69, 9.17) is 0 Å². The lowest BCUT2D eigenvalue weighted by Crippen LogP contribution is -2.60. The second-order valence-electron chi connectivity index (χ2n) is 12.3. The first-order valence-electron chi connectivity index (χ1n) is 12.6. The van der Waals surface area contributed by atoms with Crippen LogP contribution in [0.2, 0.25) is 0 Å². The maximum Gasteiger partial charge on any atom is 0.0741 e. The molecule has 0 aromatic heterocycles. The average Bonchev–Trinajstić information content (AvgIpc) is 2.99. The van der Waals surface area contributed by atoms with E-state index in [2.05, 4.69) is 46.8 Å². The summed E-state index contributed by atoms with van der Waals surface area (Å²) in [5, 5.41) is 11.5. The Hall–Kier alpha value is -0.300. The van der Waals surface area contributed by atoms with E-state index >= 15 is 0 Å². The fourth-order valence-electron chi connectivity index (χ4n) is 8.82. The smallest absolute Gasteiger partial charge is 0.0741 e. The number of hydrogen-bond acceptors (Lipinski definition) is 1. The van der Waals surface area contributed by atoms with Crippen LogP contribution in [0.3, 0.4) is 0 Å². The van der Waals surface area contributed by atoms with Crippen LogP contribution in [0.25, 0.3) is 0 Å². The first-order valence-corrected chi connectivity index (χ1v) is 12.6. The molecular formula is C27H46O. The van der Waals surface area contributed by atoms with E-state index in [1.165, 1.54) is 51.4 Å². The number of hydrogen-bond donors (Lipinski definition) is 1. The Labute approximate surface area is 174 Å². The van der Waals surface area contributed by atoms with Gasteiger partial charge in [0.2, 0.25) is 0 Å². The van der Waals surface area contributed by atoms with Gasteiger partial charge in [-0.3, -0.25) is 0 Å². The molecule has 0 aliphatic heterocycles. The molecule has 1 nitrogen and oxygen atoms in total. The molecule has 1 heteroatoms. The zero-order valence-electron chi connectivity index (χ0n) is 19.3. The van der Waals surface area contributed by atoms with Crippen molar-refractivity contribution >= 4 is 0 Å². The minimum atomic E-state index is -0.432. The zero-order valence-corrected chi connectivity index (χ0v) is 19.3. The number of aliphatic hydroxyl groups is 1. The van der Waals surface area contributed by atoms with Gasteiger partial charge in [-0.05, 0) is 92.3 Å². The first kappa shape index (κ1) is 21.0. The highest BCUT2D eigenvalue weighted by Crippen LogP contribution is 2.68. The lowest BCUT2D eigenvalue weighted by Gasteiger charge is -2.63. The van der Waals surface area contributed by atoms with Crippen molar-refractivity contribution < 1.29 is 5.11 Å². The van der Waals surface area contributed by atoms with E-state index in [0.29, 0.717) is 5.41 Å². The third-order valence-electron chi connectivity index (χ3n) is 10.6. The van der Waals surface area contributed by atoms with Gasteiger partial charge in [0, 0.05) is 5.41 Å². The molecular weight excluding hydrogens is 340 g/mol. The van der Waals surface area contributed by atoms with Crippen LogP contribution in [0.4, 0.5) is 0 Å². The highest BCUT2D eigenvalue weighted by molar-refractivity contribution is 5.17. The van der Waals surface area contributed by atoms with E-state index in [-0.39, 0.29) is 5.41 Å². The van der Waals surface area contributed by atoms with Crippen molar-refractivity contribution in [2.75, 3.05) is 0 Å². The van der Waals surface area contributed by atoms with E-state index in [9.17, 15) is 5.11 Å². The summed E-state index contributed by atoms with van der Waals surface area (Å²) >= 11 is 0. The second kappa shape index (κ2) is 7.44. The SMILES string of the molecule is CC(C)CCC[C@@H](C)C1CCC2C3CC[C@@]4(O)CC=CCC4(C)C3CCC21C. The van der Waals surface area contributed by atoms with Crippen molar-refractivity contribution in [2.45, 2.75) is 111 Å². The van der Waals surface area contributed by atoms with Crippen LogP contribution in [0.5, 0.6) is 0 Å². The molecule has 0 aromatic carbocycles. The molecule has 0 aromatic rings. The van der Waals surface area contributed by atoms with Gasteiger partial charge in [0.25, 0.3) is 0 Å². The van der Waals surface area contributed by atoms with Crippen molar-refractivity contribution in [1.82, 2.24) is 0 Å². The average molecular weight is 387 g/mol. The third kappa shape index (κ3) is 3.14. The van der Waals surface area contributed by atoms with Gasteiger partial charge in [-0.25, -0.2) is 0 Å². The molecule has 160 valence electrons. The quantitative estimate of drug-likeness (QED) is 0.488. The van der Waals surface area contributed by atoms with Gasteiger partial charge < -0.3 is 5.11 Å². The normalized spacial score (nSPS) is 48.8. The molecule has 0 radical (unpaired) electrons. The second-order valence-corrected chi connectivity index (χ2v) is 12.3. The molecule has 0 spiro atoms. The van der Waals surface area contributed by atoms with Crippen LogP contribution in [0, 0.1) is 46.3 Å². The lowest BCUT2D eigenvalue weighted by molar-refractivity contribution is -0.188. The molecule has 0 saturated heterocycles. The molecule has 8 atom stereocenters. The monoisotopic (exact) mass is 386 g/mol. The predicted octanol–water partition coefficient (Wildman–Crippen LogP) is 7.39. The summed E-state index contributed by atoms with van der Waals surface area (Å²) in [4.78, 5) is 0. The highest BCUT2D eigenvalue weighted by Gasteiger charge is 2.63. The zero-order chi connectivity index (χ0) is 20.2. The van der Waals surface area contributed by atoms with Gasteiger partial charge in [0.15, 0.2) is 0 Å². The Morgan fingerprint density at radius 3 is 2.39 bits per heavy atom. The summed E-state index contributed by atoms with van der Waals surface area (Å²) in [5.74, 6) is 5.19. The van der Waals surface area contributed by atoms with Crippen LogP contribution in [0.15, 0.2) is 12.2 Å². The molecule has 6 unspecified atom stereocenters. The summed E-state index contributed by atoms with van der Waals surface area (Å²) in [7, 11) is 0. The molecule has 0 bridgehead atoms.